The second kappa shape index (κ2) is 26.5. The van der Waals surface area contributed by atoms with Gasteiger partial charge in [-0.3, -0.25) is 28.8 Å². The van der Waals surface area contributed by atoms with E-state index < -0.39 is 71.4 Å². The number of carbonyl (C=O) groups excluding carboxylic acids is 8. The number of ether oxygens (including phenoxy) is 8. The largest absolute Gasteiger partial charge is 0.462 e. The van der Waals surface area contributed by atoms with Gasteiger partial charge < -0.3 is 37.9 Å². The maximum Gasteiger partial charge on any atom is 0.330 e. The van der Waals surface area contributed by atoms with Crippen LogP contribution >= 0.6 is 23.5 Å². The van der Waals surface area contributed by atoms with Crippen LogP contribution in [0.3, 0.4) is 0 Å². The first-order valence-electron chi connectivity index (χ1n) is 22.8. The van der Waals surface area contributed by atoms with E-state index in [1.807, 2.05) is 12.1 Å². The summed E-state index contributed by atoms with van der Waals surface area (Å²) in [6, 6.07) is 19.5. The van der Waals surface area contributed by atoms with Crippen molar-refractivity contribution in [1.29, 1.82) is 10.5 Å². The molecule has 2 fully saturated rings. The molecule has 3 aromatic carbocycles. The van der Waals surface area contributed by atoms with Gasteiger partial charge in [0.05, 0.1) is 50.5 Å². The molecule has 0 spiro atoms. The Hall–Kier alpha value is -7.68. The molecule has 0 saturated heterocycles. The van der Waals surface area contributed by atoms with Crippen molar-refractivity contribution in [3.05, 3.63) is 107 Å². The second-order valence-electron chi connectivity index (χ2n) is 16.4. The minimum Gasteiger partial charge on any atom is -0.462 e. The molecule has 2 aliphatic carbocycles. The molecule has 0 unspecified atom stereocenters. The Morgan fingerprint density at radius 2 is 0.806 bits per heavy atom. The van der Waals surface area contributed by atoms with Crippen LogP contribution in [0.4, 0.5) is 0 Å². The van der Waals surface area contributed by atoms with E-state index in [4.69, 9.17) is 37.9 Å². The van der Waals surface area contributed by atoms with Gasteiger partial charge in [-0.2, -0.15) is 10.5 Å². The topological polar surface area (TPSA) is 258 Å². The molecular formula is C52H48N2O16S2. The number of nitriles is 2. The molecule has 72 heavy (non-hydrogen) atoms. The molecule has 20 heteroatoms. The second-order valence-corrected chi connectivity index (χ2v) is 18.7. The van der Waals surface area contributed by atoms with Crippen LogP contribution in [0.1, 0.15) is 62.5 Å². The summed E-state index contributed by atoms with van der Waals surface area (Å²) in [5.41, 5.74) is 1.07. The van der Waals surface area contributed by atoms with Crippen LogP contribution in [0.25, 0.3) is 0 Å². The summed E-state index contributed by atoms with van der Waals surface area (Å²) in [4.78, 5) is 101. The first-order valence-corrected chi connectivity index (χ1v) is 24.4. The number of benzene rings is 3. The van der Waals surface area contributed by atoms with Crippen molar-refractivity contribution in [3.63, 3.8) is 0 Å². The first-order chi connectivity index (χ1) is 34.8. The fourth-order valence-corrected chi connectivity index (χ4v) is 10.2. The summed E-state index contributed by atoms with van der Waals surface area (Å²) in [6.07, 6.45) is 4.76. The quantitative estimate of drug-likeness (QED) is 0.0266. The van der Waals surface area contributed by atoms with E-state index >= 15 is 0 Å². The summed E-state index contributed by atoms with van der Waals surface area (Å²) >= 11 is 2.10. The highest BCUT2D eigenvalue weighted by Gasteiger charge is 2.37. The highest BCUT2D eigenvalue weighted by Crippen LogP contribution is 2.59. The zero-order chi connectivity index (χ0) is 51.6. The number of hydrogen-bond acceptors (Lipinski definition) is 20. The number of esters is 8. The van der Waals surface area contributed by atoms with Crippen LogP contribution in [0.5, 0.6) is 23.0 Å². The Kier molecular flexibility index (Phi) is 19.8. The minimum absolute atomic E-state index is 0.0429. The van der Waals surface area contributed by atoms with Gasteiger partial charge in [0.15, 0.2) is 0 Å². The molecule has 0 amide bonds. The summed E-state index contributed by atoms with van der Waals surface area (Å²) in [5.74, 6) is -5.40. The van der Waals surface area contributed by atoms with Gasteiger partial charge in [-0.15, -0.1) is 0 Å². The van der Waals surface area contributed by atoms with Gasteiger partial charge >= 0.3 is 47.8 Å². The third-order valence-electron chi connectivity index (χ3n) is 11.6. The molecule has 3 aromatic rings. The fourth-order valence-electron chi connectivity index (χ4n) is 7.72. The van der Waals surface area contributed by atoms with E-state index in [0.29, 0.717) is 76.5 Å². The van der Waals surface area contributed by atoms with Gasteiger partial charge in [0.1, 0.15) is 67.1 Å². The normalized spacial score (nSPS) is 17.7. The van der Waals surface area contributed by atoms with Crippen LogP contribution in [0.2, 0.25) is 0 Å². The van der Waals surface area contributed by atoms with Gasteiger partial charge in [0, 0.05) is 12.2 Å². The zero-order valence-corrected chi connectivity index (χ0v) is 40.4. The lowest BCUT2D eigenvalue weighted by Gasteiger charge is -2.26. The van der Waals surface area contributed by atoms with Crippen molar-refractivity contribution < 1.29 is 76.3 Å². The molecule has 0 bridgehead atoms. The molecule has 3 aliphatic rings. The smallest absolute Gasteiger partial charge is 0.330 e. The van der Waals surface area contributed by atoms with Gasteiger partial charge in [0.2, 0.25) is 0 Å². The van der Waals surface area contributed by atoms with E-state index in [1.54, 1.807) is 48.5 Å². The Bertz CT molecular complexity index is 2510. The summed E-state index contributed by atoms with van der Waals surface area (Å²) in [7, 11) is 0. The summed E-state index contributed by atoms with van der Waals surface area (Å²) in [6.45, 7) is 6.18. The lowest BCUT2D eigenvalue weighted by molar-refractivity contribution is -0.149. The van der Waals surface area contributed by atoms with Crippen molar-refractivity contribution in [2.45, 2.75) is 74.0 Å². The number of allylic oxidation sites excluding steroid dienone is 1. The average molecular weight is 1020 g/mol. The predicted octanol–water partition coefficient (Wildman–Crippen LogP) is 7.41. The molecule has 0 radical (unpaired) electrons. The van der Waals surface area contributed by atoms with E-state index in [2.05, 4.69) is 13.2 Å². The fraction of sp³-hybridized carbons (Fsp3) is 0.346. The maximum absolute atomic E-state index is 13.6. The van der Waals surface area contributed by atoms with Gasteiger partial charge in [-0.05, 0) is 98.9 Å². The molecule has 2 saturated carbocycles. The molecule has 0 atom stereocenters. The third kappa shape index (κ3) is 15.4. The maximum atomic E-state index is 13.6. The van der Waals surface area contributed by atoms with Crippen molar-refractivity contribution in [1.82, 2.24) is 0 Å². The average Bonchev–Trinajstić information content (AvgIpc) is 3.84. The highest BCUT2D eigenvalue weighted by molar-refractivity contribution is 8.24. The van der Waals surface area contributed by atoms with Gasteiger partial charge in [-0.25, -0.2) is 9.59 Å². The molecule has 1 aliphatic heterocycles. The van der Waals surface area contributed by atoms with E-state index in [-0.39, 0.29) is 67.8 Å². The van der Waals surface area contributed by atoms with Crippen molar-refractivity contribution in [2.24, 2.45) is 23.7 Å². The first kappa shape index (κ1) is 53.7. The molecule has 0 N–H and O–H groups in total. The summed E-state index contributed by atoms with van der Waals surface area (Å²) in [5, 5.41) is 19.3. The Morgan fingerprint density at radius 1 is 0.486 bits per heavy atom. The SMILES string of the molecule is C=CC(=O)OCCOC(=O)Cc1ccc(OC(=O)C2CCC(C(=O)Oc3ccc(OC(=O)C4CCC(C(=O)Oc5ccc(CC(=O)OCCOC(=O)C=C)cc5)CC4)c4c3SC(=C(C#N)C#N)S4)CC2)cc1. The monoisotopic (exact) mass is 1020 g/mol. The van der Waals surface area contributed by atoms with Crippen LogP contribution in [0.15, 0.2) is 106 Å². The van der Waals surface area contributed by atoms with E-state index in [0.717, 1.165) is 35.7 Å². The Morgan fingerprint density at radius 3 is 1.12 bits per heavy atom. The van der Waals surface area contributed by atoms with Crippen LogP contribution in [0, 0.1) is 46.3 Å². The van der Waals surface area contributed by atoms with Crippen molar-refractivity contribution in [3.8, 4) is 35.1 Å². The predicted molar refractivity (Wildman–Crippen MR) is 254 cm³/mol. The van der Waals surface area contributed by atoms with Crippen LogP contribution in [-0.2, 0) is 70.1 Å². The third-order valence-corrected chi connectivity index (χ3v) is 14.2. The van der Waals surface area contributed by atoms with Crippen molar-refractivity contribution in [2.75, 3.05) is 26.4 Å². The minimum atomic E-state index is -0.620. The number of carbonyl (C=O) groups is 8. The number of rotatable bonds is 20. The molecule has 374 valence electrons. The number of hydrogen-bond donors (Lipinski definition) is 0. The van der Waals surface area contributed by atoms with E-state index in [1.165, 1.54) is 12.1 Å². The molecule has 18 nitrogen and oxygen atoms in total. The standard InChI is InChI=1S/C52H48N2O16S2/c1-3-42(55)63-23-25-65-44(57)27-31-5-17-38(18-6-31)67-48(59)33-9-13-35(14-10-33)50(61)69-40-21-22-41(47-46(40)71-52(72-47)37(29-53)30-54)70-51(62)36-15-11-34(12-16-36)49(60)68-39-19-7-32(8-20-39)28-45(58)66-26-24-64-43(56)4-2/h3-8,17-22,33-36H,1-2,9-16,23-28H2. The van der Waals surface area contributed by atoms with Crippen LogP contribution in [-0.4, -0.2) is 74.2 Å². The van der Waals surface area contributed by atoms with Gasteiger partial charge in [-0.1, -0.05) is 60.9 Å². The number of thioether (sulfide) groups is 2. The summed E-state index contributed by atoms with van der Waals surface area (Å²) < 4.78 is 43.0. The zero-order valence-electron chi connectivity index (χ0n) is 38.8. The number of nitrogens with zero attached hydrogens (tertiary/aromatic N) is 2. The lowest BCUT2D eigenvalue weighted by atomic mass is 9.82. The Balaban J connectivity index is 0.964. The van der Waals surface area contributed by atoms with Crippen molar-refractivity contribution >= 4 is 71.3 Å². The molecule has 1 heterocycles. The molecule has 0 aromatic heterocycles. The number of fused-ring (bicyclic) bond motifs is 1. The van der Waals surface area contributed by atoms with Crippen LogP contribution < -0.4 is 18.9 Å². The van der Waals surface area contributed by atoms with Gasteiger partial charge in [0.25, 0.3) is 0 Å². The lowest BCUT2D eigenvalue weighted by Crippen LogP contribution is -2.30. The molecular weight excluding hydrogens is 973 g/mol. The molecule has 6 rings (SSSR count). The Labute approximate surface area is 422 Å². The van der Waals surface area contributed by atoms with E-state index in [9.17, 15) is 48.9 Å². The highest BCUT2D eigenvalue weighted by atomic mass is 32.2.